The highest BCUT2D eigenvalue weighted by atomic mass is 35.5. The van der Waals surface area contributed by atoms with Crippen LogP contribution in [0.5, 0.6) is 0 Å². The minimum Gasteiger partial charge on any atom is -0.354 e. The zero-order valence-electron chi connectivity index (χ0n) is 14.7. The average Bonchev–Trinajstić information content (AvgIpc) is 2.60. The Morgan fingerprint density at radius 3 is 2.72 bits per heavy atom. The Kier molecular flexibility index (Phi) is 10.9. The first kappa shape index (κ1) is 22.6. The van der Waals surface area contributed by atoms with Gasteiger partial charge in [0.1, 0.15) is 0 Å². The van der Waals surface area contributed by atoms with Gasteiger partial charge in [0.05, 0.1) is 6.04 Å². The Morgan fingerprint density at radius 2 is 2.08 bits per heavy atom. The van der Waals surface area contributed by atoms with E-state index in [1.165, 1.54) is 5.56 Å². The number of likely N-dealkylation sites (tertiary alicyclic amines) is 1. The van der Waals surface area contributed by atoms with Crippen LogP contribution in [0.4, 0.5) is 0 Å². The van der Waals surface area contributed by atoms with Crippen LogP contribution in [0.15, 0.2) is 24.3 Å². The molecule has 0 aliphatic carbocycles. The Balaban J connectivity index is 0.00000312. The number of hydrogen-bond donors (Lipinski definition) is 2. The van der Waals surface area contributed by atoms with E-state index >= 15 is 0 Å². The maximum absolute atomic E-state index is 12.0. The minimum atomic E-state index is -0.377. The summed E-state index contributed by atoms with van der Waals surface area (Å²) in [5.74, 6) is 1.46. The van der Waals surface area contributed by atoms with Crippen LogP contribution in [0.3, 0.4) is 0 Å². The lowest BCUT2D eigenvalue weighted by atomic mass is 9.96. The third-order valence-corrected chi connectivity index (χ3v) is 5.61. The first-order chi connectivity index (χ1) is 11.6. The van der Waals surface area contributed by atoms with Crippen LogP contribution in [-0.2, 0) is 11.3 Å². The first-order valence-corrected chi connectivity index (χ1v) is 10.3. The van der Waals surface area contributed by atoms with Crippen molar-refractivity contribution in [2.24, 2.45) is 11.7 Å². The fourth-order valence-corrected chi connectivity index (χ4v) is 3.65. The Morgan fingerprint density at radius 1 is 1.40 bits per heavy atom. The van der Waals surface area contributed by atoms with Gasteiger partial charge >= 0.3 is 0 Å². The van der Waals surface area contributed by atoms with Crippen LogP contribution in [-0.4, -0.2) is 48.5 Å². The van der Waals surface area contributed by atoms with E-state index in [1.54, 1.807) is 11.8 Å². The summed E-state index contributed by atoms with van der Waals surface area (Å²) in [5.41, 5.74) is 7.08. The summed E-state index contributed by atoms with van der Waals surface area (Å²) in [6, 6.07) is 7.65. The molecule has 1 saturated heterocycles. The van der Waals surface area contributed by atoms with Gasteiger partial charge in [-0.05, 0) is 61.9 Å². The van der Waals surface area contributed by atoms with Crippen molar-refractivity contribution in [3.63, 3.8) is 0 Å². The molecule has 25 heavy (non-hydrogen) atoms. The lowest BCUT2D eigenvalue weighted by molar-refractivity contribution is -0.122. The molecule has 3 N–H and O–H groups in total. The molecule has 1 atom stereocenters. The number of nitrogens with two attached hydrogens (primary N) is 1. The molecular formula is C18H29Cl2N3OS. The third-order valence-electron chi connectivity index (χ3n) is 4.59. The van der Waals surface area contributed by atoms with Gasteiger partial charge in [-0.15, -0.1) is 12.4 Å². The molecule has 1 aromatic rings. The molecule has 0 unspecified atom stereocenters. The number of piperidine rings is 1. The summed E-state index contributed by atoms with van der Waals surface area (Å²) >= 11 is 7.96. The van der Waals surface area contributed by atoms with Gasteiger partial charge in [-0.1, -0.05) is 29.8 Å². The molecule has 2 rings (SSSR count). The van der Waals surface area contributed by atoms with Crippen molar-refractivity contribution in [1.29, 1.82) is 0 Å². The number of nitrogens with one attached hydrogen (secondary N) is 1. The zero-order valence-corrected chi connectivity index (χ0v) is 17.1. The monoisotopic (exact) mass is 405 g/mol. The van der Waals surface area contributed by atoms with E-state index in [2.05, 4.69) is 16.3 Å². The Labute approximate surface area is 166 Å². The second kappa shape index (κ2) is 12.0. The van der Waals surface area contributed by atoms with Crippen molar-refractivity contribution < 1.29 is 4.79 Å². The highest BCUT2D eigenvalue weighted by Crippen LogP contribution is 2.21. The molecule has 1 heterocycles. The van der Waals surface area contributed by atoms with Crippen molar-refractivity contribution in [3.8, 4) is 0 Å². The summed E-state index contributed by atoms with van der Waals surface area (Å²) in [4.78, 5) is 14.4. The van der Waals surface area contributed by atoms with Crippen LogP contribution in [0.1, 0.15) is 24.8 Å². The van der Waals surface area contributed by atoms with E-state index in [-0.39, 0.29) is 24.4 Å². The second-order valence-electron chi connectivity index (χ2n) is 6.44. The molecular weight excluding hydrogens is 377 g/mol. The van der Waals surface area contributed by atoms with Gasteiger partial charge in [-0.3, -0.25) is 9.69 Å². The van der Waals surface area contributed by atoms with E-state index in [9.17, 15) is 4.79 Å². The molecule has 1 aromatic carbocycles. The van der Waals surface area contributed by atoms with Gasteiger partial charge in [0.15, 0.2) is 0 Å². The van der Waals surface area contributed by atoms with E-state index in [1.807, 2.05) is 24.5 Å². The standard InChI is InChI=1S/C18H28ClN3OS.ClH/c1-24-11-8-17(20)18(23)21-12-14-6-9-22(10-7-14)13-15-4-2-3-5-16(15)19;/h2-5,14,17H,6-13,20H2,1H3,(H,21,23);1H/t17-;/m0./s1. The Hall–Kier alpha value is -0.460. The predicted octanol–water partition coefficient (Wildman–Crippen LogP) is 3.17. The first-order valence-electron chi connectivity index (χ1n) is 8.58. The van der Waals surface area contributed by atoms with Crippen LogP contribution in [0.25, 0.3) is 0 Å². The number of carbonyl (C=O) groups excluding carboxylic acids is 1. The van der Waals surface area contributed by atoms with E-state index in [0.717, 1.165) is 56.2 Å². The number of thioether (sulfide) groups is 1. The van der Waals surface area contributed by atoms with Crippen molar-refractivity contribution in [2.75, 3.05) is 31.6 Å². The highest BCUT2D eigenvalue weighted by molar-refractivity contribution is 7.98. The number of benzene rings is 1. The Bertz CT molecular complexity index is 525. The highest BCUT2D eigenvalue weighted by Gasteiger charge is 2.21. The van der Waals surface area contributed by atoms with Gasteiger partial charge in [0.25, 0.3) is 0 Å². The van der Waals surface area contributed by atoms with E-state index in [4.69, 9.17) is 17.3 Å². The summed E-state index contributed by atoms with van der Waals surface area (Å²) in [7, 11) is 0. The largest absolute Gasteiger partial charge is 0.354 e. The van der Waals surface area contributed by atoms with Crippen molar-refractivity contribution in [3.05, 3.63) is 34.9 Å². The summed E-state index contributed by atoms with van der Waals surface area (Å²) in [6.07, 6.45) is 4.97. The summed E-state index contributed by atoms with van der Waals surface area (Å²) < 4.78 is 0. The maximum atomic E-state index is 12.0. The maximum Gasteiger partial charge on any atom is 0.236 e. The molecule has 1 amide bonds. The van der Waals surface area contributed by atoms with Crippen LogP contribution in [0, 0.1) is 5.92 Å². The predicted molar refractivity (Wildman–Crippen MR) is 111 cm³/mol. The number of nitrogens with zero attached hydrogens (tertiary/aromatic N) is 1. The lowest BCUT2D eigenvalue weighted by Crippen LogP contribution is -2.44. The zero-order chi connectivity index (χ0) is 17.4. The van der Waals surface area contributed by atoms with Gasteiger partial charge in [0.2, 0.25) is 5.91 Å². The summed E-state index contributed by atoms with van der Waals surface area (Å²) in [6.45, 7) is 3.73. The number of halogens is 2. The molecule has 7 heteroatoms. The van der Waals surface area contributed by atoms with Crippen molar-refractivity contribution >= 4 is 41.7 Å². The number of carbonyl (C=O) groups is 1. The normalized spacial score (nSPS) is 16.9. The second-order valence-corrected chi connectivity index (χ2v) is 7.84. The number of amides is 1. The third kappa shape index (κ3) is 7.75. The van der Waals surface area contributed by atoms with Gasteiger partial charge in [-0.2, -0.15) is 11.8 Å². The molecule has 1 aliphatic heterocycles. The molecule has 0 aromatic heterocycles. The molecule has 1 aliphatic rings. The van der Waals surface area contributed by atoms with Crippen LogP contribution >= 0.6 is 35.8 Å². The molecule has 142 valence electrons. The van der Waals surface area contributed by atoms with E-state index in [0.29, 0.717) is 5.92 Å². The molecule has 0 saturated carbocycles. The van der Waals surface area contributed by atoms with Crippen molar-refractivity contribution in [1.82, 2.24) is 10.2 Å². The van der Waals surface area contributed by atoms with Gasteiger partial charge < -0.3 is 11.1 Å². The van der Waals surface area contributed by atoms with Crippen LogP contribution in [0.2, 0.25) is 5.02 Å². The smallest absolute Gasteiger partial charge is 0.236 e. The number of rotatable bonds is 8. The number of hydrogen-bond acceptors (Lipinski definition) is 4. The average molecular weight is 406 g/mol. The fraction of sp³-hybridized carbons (Fsp3) is 0.611. The summed E-state index contributed by atoms with van der Waals surface area (Å²) in [5, 5.41) is 3.86. The van der Waals surface area contributed by atoms with Crippen LogP contribution < -0.4 is 11.1 Å². The minimum absolute atomic E-state index is 0. The topological polar surface area (TPSA) is 58.4 Å². The quantitative estimate of drug-likeness (QED) is 0.696. The lowest BCUT2D eigenvalue weighted by Gasteiger charge is -2.32. The molecule has 0 spiro atoms. The molecule has 0 radical (unpaired) electrons. The van der Waals surface area contributed by atoms with Gasteiger partial charge in [0, 0.05) is 18.1 Å². The molecule has 1 fully saturated rings. The molecule has 4 nitrogen and oxygen atoms in total. The fourth-order valence-electron chi connectivity index (χ4n) is 2.97. The van der Waals surface area contributed by atoms with Gasteiger partial charge in [-0.25, -0.2) is 0 Å². The van der Waals surface area contributed by atoms with Crippen molar-refractivity contribution in [2.45, 2.75) is 31.8 Å². The SMILES string of the molecule is CSCC[C@H](N)C(=O)NCC1CCN(Cc2ccccc2Cl)CC1.Cl. The molecule has 0 bridgehead atoms. The van der Waals surface area contributed by atoms with E-state index < -0.39 is 0 Å².